The van der Waals surface area contributed by atoms with E-state index in [1.54, 1.807) is 12.1 Å². The number of fused-ring (bicyclic) bond motifs is 1. The fourth-order valence-corrected chi connectivity index (χ4v) is 2.09. The van der Waals surface area contributed by atoms with Gasteiger partial charge in [0.15, 0.2) is 6.61 Å². The summed E-state index contributed by atoms with van der Waals surface area (Å²) in [5.74, 6) is 0.448. The Kier molecular flexibility index (Phi) is 3.16. The Balaban J connectivity index is 1.80. The van der Waals surface area contributed by atoms with E-state index < -0.39 is 0 Å². The summed E-state index contributed by atoms with van der Waals surface area (Å²) >= 11 is 0. The number of rotatable bonds is 3. The van der Waals surface area contributed by atoms with Gasteiger partial charge in [-0.25, -0.2) is 0 Å². The zero-order valence-corrected chi connectivity index (χ0v) is 10.8. The van der Waals surface area contributed by atoms with Crippen molar-refractivity contribution in [3.05, 3.63) is 48.0 Å². The molecule has 1 amide bonds. The molecule has 20 heavy (non-hydrogen) atoms. The number of ether oxygens (including phenoxy) is 1. The summed E-state index contributed by atoms with van der Waals surface area (Å²) in [6.07, 6.45) is 0. The molecule has 1 aliphatic heterocycles. The molecule has 0 atom stereocenters. The second-order valence-corrected chi connectivity index (χ2v) is 4.61. The van der Waals surface area contributed by atoms with Crippen molar-refractivity contribution in [2.45, 2.75) is 6.54 Å². The molecule has 0 aliphatic carbocycles. The number of hydrogen-bond acceptors (Lipinski definition) is 4. The summed E-state index contributed by atoms with van der Waals surface area (Å²) in [5, 5.41) is 6.03. The van der Waals surface area contributed by atoms with E-state index in [-0.39, 0.29) is 12.5 Å². The van der Waals surface area contributed by atoms with Crippen molar-refractivity contribution in [3.63, 3.8) is 0 Å². The van der Waals surface area contributed by atoms with Crippen molar-refractivity contribution < 1.29 is 9.53 Å². The maximum absolute atomic E-state index is 11.3. The van der Waals surface area contributed by atoms with Crippen LogP contribution < -0.4 is 21.1 Å². The molecule has 0 aromatic heterocycles. The van der Waals surface area contributed by atoms with Crippen LogP contribution in [-0.2, 0) is 11.3 Å². The minimum absolute atomic E-state index is 0.0310. The maximum atomic E-state index is 11.3. The van der Waals surface area contributed by atoms with Gasteiger partial charge in [0, 0.05) is 12.6 Å². The first-order valence-electron chi connectivity index (χ1n) is 6.36. The summed E-state index contributed by atoms with van der Waals surface area (Å²) in [7, 11) is 0. The Bertz CT molecular complexity index is 641. The quantitative estimate of drug-likeness (QED) is 0.747. The van der Waals surface area contributed by atoms with Gasteiger partial charge in [0.05, 0.1) is 17.1 Å². The molecule has 4 N–H and O–H groups in total. The highest BCUT2D eigenvalue weighted by molar-refractivity contribution is 5.97. The smallest absolute Gasteiger partial charge is 0.262 e. The molecule has 102 valence electrons. The molecule has 0 fully saturated rings. The van der Waals surface area contributed by atoms with Crippen molar-refractivity contribution in [2.24, 2.45) is 0 Å². The van der Waals surface area contributed by atoms with Crippen molar-refractivity contribution in [2.75, 3.05) is 23.0 Å². The van der Waals surface area contributed by atoms with Gasteiger partial charge >= 0.3 is 0 Å². The van der Waals surface area contributed by atoms with Gasteiger partial charge in [0.2, 0.25) is 0 Å². The van der Waals surface area contributed by atoms with Crippen LogP contribution in [0.4, 0.5) is 17.1 Å². The second kappa shape index (κ2) is 5.13. The summed E-state index contributed by atoms with van der Waals surface area (Å²) in [4.78, 5) is 11.3. The molecule has 1 aliphatic rings. The molecule has 5 nitrogen and oxygen atoms in total. The van der Waals surface area contributed by atoms with Gasteiger partial charge in [0.1, 0.15) is 5.75 Å². The predicted octanol–water partition coefficient (Wildman–Crippen LogP) is 2.21. The van der Waals surface area contributed by atoms with Crippen LogP contribution in [-0.4, -0.2) is 12.5 Å². The van der Waals surface area contributed by atoms with Gasteiger partial charge in [-0.2, -0.15) is 0 Å². The third-order valence-electron chi connectivity index (χ3n) is 3.11. The van der Waals surface area contributed by atoms with E-state index in [0.717, 1.165) is 11.3 Å². The third-order valence-corrected chi connectivity index (χ3v) is 3.11. The van der Waals surface area contributed by atoms with E-state index in [1.165, 1.54) is 0 Å². The fourth-order valence-electron chi connectivity index (χ4n) is 2.09. The predicted molar refractivity (Wildman–Crippen MR) is 78.7 cm³/mol. The monoisotopic (exact) mass is 269 g/mol. The van der Waals surface area contributed by atoms with E-state index in [0.29, 0.717) is 23.7 Å². The van der Waals surface area contributed by atoms with E-state index in [2.05, 4.69) is 10.6 Å². The minimum Gasteiger partial charge on any atom is -0.482 e. The van der Waals surface area contributed by atoms with Crippen molar-refractivity contribution in [1.82, 2.24) is 0 Å². The van der Waals surface area contributed by atoms with Gasteiger partial charge in [-0.15, -0.1) is 0 Å². The lowest BCUT2D eigenvalue weighted by molar-refractivity contribution is -0.118. The van der Waals surface area contributed by atoms with E-state index >= 15 is 0 Å². The SMILES string of the molecule is Nc1cc2c(cc1NCc1ccccc1)NC(=O)CO2. The van der Waals surface area contributed by atoms with Crippen LogP contribution in [0, 0.1) is 0 Å². The molecule has 1 heterocycles. The Morgan fingerprint density at radius 2 is 2.05 bits per heavy atom. The number of hydrogen-bond donors (Lipinski definition) is 3. The van der Waals surface area contributed by atoms with Gasteiger partial charge in [-0.3, -0.25) is 4.79 Å². The van der Waals surface area contributed by atoms with Crippen LogP contribution in [0.5, 0.6) is 5.75 Å². The molecule has 3 rings (SSSR count). The highest BCUT2D eigenvalue weighted by Crippen LogP contribution is 2.35. The first-order chi connectivity index (χ1) is 9.72. The Hall–Kier alpha value is -2.69. The second-order valence-electron chi connectivity index (χ2n) is 4.61. The van der Waals surface area contributed by atoms with Gasteiger partial charge in [-0.05, 0) is 11.6 Å². The molecule has 5 heteroatoms. The number of carbonyl (C=O) groups is 1. The number of carbonyl (C=O) groups excluding carboxylic acids is 1. The highest BCUT2D eigenvalue weighted by atomic mass is 16.5. The Morgan fingerprint density at radius 3 is 2.85 bits per heavy atom. The van der Waals surface area contributed by atoms with Gasteiger partial charge < -0.3 is 21.1 Å². The molecule has 0 saturated heterocycles. The number of nitrogen functional groups attached to an aromatic ring is 1. The number of nitrogens with two attached hydrogens (primary N) is 1. The topological polar surface area (TPSA) is 76.4 Å². The highest BCUT2D eigenvalue weighted by Gasteiger charge is 2.17. The third kappa shape index (κ3) is 2.51. The van der Waals surface area contributed by atoms with Crippen LogP contribution in [0.3, 0.4) is 0 Å². The molecule has 2 aromatic carbocycles. The lowest BCUT2D eigenvalue weighted by Gasteiger charge is -2.20. The van der Waals surface area contributed by atoms with Crippen LogP contribution in [0.15, 0.2) is 42.5 Å². The Labute approximate surface area is 116 Å². The average molecular weight is 269 g/mol. The normalized spacial score (nSPS) is 13.1. The standard InChI is InChI=1S/C15H15N3O2/c16-11-6-14-13(18-15(19)9-20-14)7-12(11)17-8-10-4-2-1-3-5-10/h1-7,17H,8-9,16H2,(H,18,19). The van der Waals surface area contributed by atoms with E-state index in [9.17, 15) is 4.79 Å². The number of anilines is 3. The van der Waals surface area contributed by atoms with Crippen molar-refractivity contribution >= 4 is 23.0 Å². The summed E-state index contributed by atoms with van der Waals surface area (Å²) < 4.78 is 5.31. The minimum atomic E-state index is -0.156. The molecule has 0 bridgehead atoms. The fraction of sp³-hybridized carbons (Fsp3) is 0.133. The molecule has 2 aromatic rings. The molecule has 0 unspecified atom stereocenters. The summed E-state index contributed by atoms with van der Waals surface area (Å²) in [6, 6.07) is 13.5. The summed E-state index contributed by atoms with van der Waals surface area (Å²) in [6.45, 7) is 0.696. The number of nitrogens with one attached hydrogen (secondary N) is 2. The van der Waals surface area contributed by atoms with E-state index in [4.69, 9.17) is 10.5 Å². The first-order valence-corrected chi connectivity index (χ1v) is 6.36. The van der Waals surface area contributed by atoms with Crippen LogP contribution in [0.25, 0.3) is 0 Å². The molecule has 0 radical (unpaired) electrons. The summed E-state index contributed by atoms with van der Waals surface area (Å²) in [5.41, 5.74) is 9.16. The van der Waals surface area contributed by atoms with Crippen molar-refractivity contribution in [1.29, 1.82) is 0 Å². The zero-order valence-electron chi connectivity index (χ0n) is 10.8. The maximum Gasteiger partial charge on any atom is 0.262 e. The lowest BCUT2D eigenvalue weighted by atomic mass is 10.2. The van der Waals surface area contributed by atoms with Gasteiger partial charge in [0.25, 0.3) is 5.91 Å². The lowest BCUT2D eigenvalue weighted by Crippen LogP contribution is -2.25. The number of amides is 1. The van der Waals surface area contributed by atoms with Crippen LogP contribution in [0.2, 0.25) is 0 Å². The van der Waals surface area contributed by atoms with Crippen LogP contribution in [0.1, 0.15) is 5.56 Å². The van der Waals surface area contributed by atoms with Gasteiger partial charge in [-0.1, -0.05) is 30.3 Å². The Morgan fingerprint density at radius 1 is 1.25 bits per heavy atom. The molecular formula is C15H15N3O2. The number of benzene rings is 2. The first kappa shape index (κ1) is 12.3. The van der Waals surface area contributed by atoms with E-state index in [1.807, 2.05) is 30.3 Å². The molecule has 0 spiro atoms. The molecule has 0 saturated carbocycles. The average Bonchev–Trinajstić information content (AvgIpc) is 2.46. The van der Waals surface area contributed by atoms with Crippen molar-refractivity contribution in [3.8, 4) is 5.75 Å². The van der Waals surface area contributed by atoms with Crippen LogP contribution >= 0.6 is 0 Å². The largest absolute Gasteiger partial charge is 0.482 e. The molecular weight excluding hydrogens is 254 g/mol. The zero-order chi connectivity index (χ0) is 13.9.